The summed E-state index contributed by atoms with van der Waals surface area (Å²) in [5.41, 5.74) is -0.258. The zero-order valence-corrected chi connectivity index (χ0v) is 8.90. The summed E-state index contributed by atoms with van der Waals surface area (Å²) in [4.78, 5) is 1.86. The van der Waals surface area contributed by atoms with Crippen LogP contribution in [-0.4, -0.2) is 30.0 Å². The third-order valence-electron chi connectivity index (χ3n) is 2.53. The maximum absolute atomic E-state index is 13.3. The molecule has 1 fully saturated rings. The first-order valence-electron chi connectivity index (χ1n) is 4.84. The number of hydrogen-bond acceptors (Lipinski definition) is 1. The van der Waals surface area contributed by atoms with Gasteiger partial charge in [0.15, 0.2) is 0 Å². The molecule has 1 saturated heterocycles. The Labute approximate surface area is 79.1 Å². The molecule has 1 heterocycles. The van der Waals surface area contributed by atoms with Crippen LogP contribution in [0.15, 0.2) is 0 Å². The topological polar surface area (TPSA) is 3.24 Å². The van der Waals surface area contributed by atoms with E-state index in [0.29, 0.717) is 0 Å². The number of hydrogen-bond donors (Lipinski definition) is 0. The van der Waals surface area contributed by atoms with Gasteiger partial charge in [-0.25, -0.2) is 8.78 Å². The molecule has 1 aliphatic rings. The molecule has 0 atom stereocenters. The third-order valence-corrected chi connectivity index (χ3v) is 2.53. The maximum Gasteiger partial charge on any atom is 0.261 e. The minimum absolute atomic E-state index is 0.0171. The van der Waals surface area contributed by atoms with Gasteiger partial charge < -0.3 is 0 Å². The van der Waals surface area contributed by atoms with E-state index < -0.39 is 5.92 Å². The van der Waals surface area contributed by atoms with Gasteiger partial charge in [-0.3, -0.25) is 4.90 Å². The first-order chi connectivity index (χ1) is 5.72. The van der Waals surface area contributed by atoms with Crippen LogP contribution in [0.2, 0.25) is 0 Å². The SMILES string of the molecule is CC(C)N1CC(C)(C)CC(F)(F)C1. The number of rotatable bonds is 1. The lowest BCUT2D eigenvalue weighted by Crippen LogP contribution is -2.52. The van der Waals surface area contributed by atoms with Crippen molar-refractivity contribution in [3.05, 3.63) is 0 Å². The molecule has 0 unspecified atom stereocenters. The molecule has 1 nitrogen and oxygen atoms in total. The van der Waals surface area contributed by atoms with Crippen molar-refractivity contribution in [2.75, 3.05) is 13.1 Å². The average Bonchev–Trinajstić information content (AvgIpc) is 1.79. The van der Waals surface area contributed by atoms with E-state index in [-0.39, 0.29) is 24.4 Å². The molecule has 1 aliphatic heterocycles. The predicted molar refractivity (Wildman–Crippen MR) is 50.1 cm³/mol. The highest BCUT2D eigenvalue weighted by molar-refractivity contribution is 4.90. The fraction of sp³-hybridized carbons (Fsp3) is 1.00. The first kappa shape index (κ1) is 10.9. The minimum Gasteiger partial charge on any atom is -0.295 e. The second-order valence-electron chi connectivity index (χ2n) is 5.20. The smallest absolute Gasteiger partial charge is 0.261 e. The molecule has 0 spiro atoms. The van der Waals surface area contributed by atoms with E-state index in [1.807, 2.05) is 32.6 Å². The summed E-state index contributed by atoms with van der Waals surface area (Å²) in [5.74, 6) is -2.51. The van der Waals surface area contributed by atoms with E-state index in [2.05, 4.69) is 0 Å². The molecule has 0 aliphatic carbocycles. The molecule has 0 aromatic carbocycles. The Morgan fingerprint density at radius 1 is 1.15 bits per heavy atom. The van der Waals surface area contributed by atoms with Crippen molar-refractivity contribution in [1.29, 1.82) is 0 Å². The summed E-state index contributed by atoms with van der Waals surface area (Å²) < 4.78 is 26.5. The van der Waals surface area contributed by atoms with Crippen LogP contribution in [-0.2, 0) is 0 Å². The first-order valence-corrected chi connectivity index (χ1v) is 4.84. The molecule has 0 N–H and O–H groups in total. The summed E-state index contributed by atoms with van der Waals surface area (Å²) in [5, 5.41) is 0. The quantitative estimate of drug-likeness (QED) is 0.616. The lowest BCUT2D eigenvalue weighted by Gasteiger charge is -2.44. The summed E-state index contributed by atoms with van der Waals surface area (Å²) in [6.07, 6.45) is 0.0171. The Morgan fingerprint density at radius 3 is 2.08 bits per heavy atom. The maximum atomic E-state index is 13.3. The molecule has 3 heteroatoms. The fourth-order valence-corrected chi connectivity index (χ4v) is 2.08. The molecule has 0 radical (unpaired) electrons. The predicted octanol–water partition coefficient (Wildman–Crippen LogP) is 2.76. The fourth-order valence-electron chi connectivity index (χ4n) is 2.08. The van der Waals surface area contributed by atoms with Crippen molar-refractivity contribution < 1.29 is 8.78 Å². The standard InChI is InChI=1S/C10H19F2N/c1-8(2)13-6-9(3,4)5-10(11,12)7-13/h8H,5-7H2,1-4H3. The monoisotopic (exact) mass is 191 g/mol. The van der Waals surface area contributed by atoms with Crippen LogP contribution in [0, 0.1) is 5.41 Å². The van der Waals surface area contributed by atoms with Gasteiger partial charge >= 0.3 is 0 Å². The van der Waals surface area contributed by atoms with Crippen LogP contribution in [0.25, 0.3) is 0 Å². The van der Waals surface area contributed by atoms with E-state index in [9.17, 15) is 8.78 Å². The van der Waals surface area contributed by atoms with Gasteiger partial charge in [0, 0.05) is 19.0 Å². The Hall–Kier alpha value is -0.180. The molecular formula is C10H19F2N. The zero-order chi connectivity index (χ0) is 10.3. The van der Waals surface area contributed by atoms with Crippen LogP contribution in [0.4, 0.5) is 8.78 Å². The van der Waals surface area contributed by atoms with E-state index in [1.165, 1.54) is 0 Å². The van der Waals surface area contributed by atoms with Crippen molar-refractivity contribution in [2.45, 2.75) is 46.1 Å². The summed E-state index contributed by atoms with van der Waals surface area (Å²) in [6.45, 7) is 8.47. The van der Waals surface area contributed by atoms with Crippen LogP contribution in [0.3, 0.4) is 0 Å². The van der Waals surface area contributed by atoms with Gasteiger partial charge in [0.1, 0.15) is 0 Å². The average molecular weight is 191 g/mol. The number of likely N-dealkylation sites (tertiary alicyclic amines) is 1. The highest BCUT2D eigenvalue weighted by Gasteiger charge is 2.44. The minimum atomic E-state index is -2.51. The number of nitrogens with zero attached hydrogens (tertiary/aromatic N) is 1. The normalized spacial score (nSPS) is 27.9. The van der Waals surface area contributed by atoms with E-state index in [0.717, 1.165) is 6.54 Å². The Balaban J connectivity index is 2.72. The molecule has 0 aromatic heterocycles. The highest BCUT2D eigenvalue weighted by atomic mass is 19.3. The Morgan fingerprint density at radius 2 is 1.69 bits per heavy atom. The van der Waals surface area contributed by atoms with Gasteiger partial charge in [0.25, 0.3) is 5.92 Å². The number of alkyl halides is 2. The molecule has 78 valence electrons. The Bertz CT molecular complexity index is 171. The lowest BCUT2D eigenvalue weighted by atomic mass is 9.82. The second-order valence-corrected chi connectivity index (χ2v) is 5.20. The van der Waals surface area contributed by atoms with Crippen LogP contribution >= 0.6 is 0 Å². The second kappa shape index (κ2) is 3.19. The van der Waals surface area contributed by atoms with Crippen LogP contribution < -0.4 is 0 Å². The van der Waals surface area contributed by atoms with Gasteiger partial charge in [0.05, 0.1) is 6.54 Å². The molecule has 0 amide bonds. The van der Waals surface area contributed by atoms with Gasteiger partial charge in [-0.2, -0.15) is 0 Å². The molecule has 0 aromatic rings. The third kappa shape index (κ3) is 2.90. The van der Waals surface area contributed by atoms with Crippen molar-refractivity contribution in [3.8, 4) is 0 Å². The molecule has 1 rings (SSSR count). The van der Waals surface area contributed by atoms with Crippen LogP contribution in [0.1, 0.15) is 34.1 Å². The van der Waals surface area contributed by atoms with Crippen molar-refractivity contribution in [3.63, 3.8) is 0 Å². The van der Waals surface area contributed by atoms with Gasteiger partial charge in [-0.15, -0.1) is 0 Å². The van der Waals surface area contributed by atoms with Gasteiger partial charge in [-0.05, 0) is 19.3 Å². The van der Waals surface area contributed by atoms with Crippen LogP contribution in [0.5, 0.6) is 0 Å². The van der Waals surface area contributed by atoms with Crippen molar-refractivity contribution >= 4 is 0 Å². The molecular weight excluding hydrogens is 172 g/mol. The molecule has 0 bridgehead atoms. The molecule has 13 heavy (non-hydrogen) atoms. The zero-order valence-electron chi connectivity index (χ0n) is 8.90. The largest absolute Gasteiger partial charge is 0.295 e. The Kier molecular flexibility index (Phi) is 2.68. The van der Waals surface area contributed by atoms with E-state index in [1.54, 1.807) is 0 Å². The van der Waals surface area contributed by atoms with Crippen molar-refractivity contribution in [2.24, 2.45) is 5.41 Å². The number of piperidine rings is 1. The van der Waals surface area contributed by atoms with E-state index in [4.69, 9.17) is 0 Å². The number of halogens is 2. The summed E-state index contributed by atoms with van der Waals surface area (Å²) in [6, 6.07) is 0.213. The summed E-state index contributed by atoms with van der Waals surface area (Å²) >= 11 is 0. The van der Waals surface area contributed by atoms with Gasteiger partial charge in [0.2, 0.25) is 0 Å². The lowest BCUT2D eigenvalue weighted by molar-refractivity contribution is -0.113. The molecule has 0 saturated carbocycles. The highest BCUT2D eigenvalue weighted by Crippen LogP contribution is 2.38. The van der Waals surface area contributed by atoms with Gasteiger partial charge in [-0.1, -0.05) is 13.8 Å². The summed E-state index contributed by atoms with van der Waals surface area (Å²) in [7, 11) is 0. The van der Waals surface area contributed by atoms with E-state index >= 15 is 0 Å². The van der Waals surface area contributed by atoms with Crippen molar-refractivity contribution in [1.82, 2.24) is 4.90 Å².